The van der Waals surface area contributed by atoms with Gasteiger partial charge in [-0.25, -0.2) is 0 Å². The summed E-state index contributed by atoms with van der Waals surface area (Å²) in [4.78, 5) is 10.6. The van der Waals surface area contributed by atoms with Crippen LogP contribution in [0.1, 0.15) is 26.7 Å². The molecule has 1 aliphatic carbocycles. The second-order valence-corrected chi connectivity index (χ2v) is 3.75. The van der Waals surface area contributed by atoms with E-state index in [0.717, 1.165) is 12.5 Å². The van der Waals surface area contributed by atoms with Gasteiger partial charge in [0.1, 0.15) is 5.54 Å². The molecule has 1 saturated carbocycles. The van der Waals surface area contributed by atoms with E-state index in [2.05, 4.69) is 5.32 Å². The minimum Gasteiger partial charge on any atom is -0.480 e. The van der Waals surface area contributed by atoms with Crippen molar-refractivity contribution in [3.63, 3.8) is 0 Å². The molecule has 0 unspecified atom stereocenters. The number of nitrogens with one attached hydrogen (secondary N) is 1. The smallest absolute Gasteiger partial charge is 0.323 e. The van der Waals surface area contributed by atoms with Gasteiger partial charge in [-0.1, -0.05) is 0 Å². The third-order valence-corrected chi connectivity index (χ3v) is 2.06. The zero-order chi connectivity index (χ0) is 8.48. The first-order valence-electron chi connectivity index (χ1n) is 4.01. The Balaban J connectivity index is 2.26. The number of hydrogen-bond donors (Lipinski definition) is 2. The first-order valence-corrected chi connectivity index (χ1v) is 4.01. The Morgan fingerprint density at radius 3 is 2.55 bits per heavy atom. The molecule has 3 heteroatoms. The molecule has 0 aromatic rings. The molecule has 3 nitrogen and oxygen atoms in total. The Kier molecular flexibility index (Phi) is 2.18. The van der Waals surface area contributed by atoms with Gasteiger partial charge in [-0.05, 0) is 39.2 Å². The lowest BCUT2D eigenvalue weighted by Gasteiger charge is -2.20. The Morgan fingerprint density at radius 2 is 2.18 bits per heavy atom. The highest BCUT2D eigenvalue weighted by atomic mass is 16.4. The summed E-state index contributed by atoms with van der Waals surface area (Å²) in [5, 5.41) is 11.7. The van der Waals surface area contributed by atoms with Gasteiger partial charge in [0.25, 0.3) is 0 Å². The highest BCUT2D eigenvalue weighted by molar-refractivity contribution is 5.77. The van der Waals surface area contributed by atoms with Crippen molar-refractivity contribution >= 4 is 5.97 Å². The lowest BCUT2D eigenvalue weighted by Crippen LogP contribution is -2.47. The lowest BCUT2D eigenvalue weighted by atomic mass is 10.1. The summed E-state index contributed by atoms with van der Waals surface area (Å²) in [5.74, 6) is -0.0493. The maximum Gasteiger partial charge on any atom is 0.323 e. The van der Waals surface area contributed by atoms with E-state index in [1.165, 1.54) is 12.8 Å². The molecule has 0 heterocycles. The van der Waals surface area contributed by atoms with Crippen molar-refractivity contribution in [2.75, 3.05) is 6.54 Å². The average Bonchev–Trinajstić information content (AvgIpc) is 2.65. The van der Waals surface area contributed by atoms with Crippen molar-refractivity contribution in [3.8, 4) is 0 Å². The molecule has 2 N–H and O–H groups in total. The normalized spacial score (nSPS) is 18.4. The molecule has 0 aromatic carbocycles. The first-order chi connectivity index (χ1) is 5.02. The maximum absolute atomic E-state index is 10.6. The fourth-order valence-electron chi connectivity index (χ4n) is 0.797. The van der Waals surface area contributed by atoms with Crippen molar-refractivity contribution < 1.29 is 9.90 Å². The van der Waals surface area contributed by atoms with Crippen LogP contribution in [0.15, 0.2) is 0 Å². The molecule has 11 heavy (non-hydrogen) atoms. The summed E-state index contributed by atoms with van der Waals surface area (Å²) in [6.45, 7) is 4.23. The third kappa shape index (κ3) is 2.50. The van der Waals surface area contributed by atoms with E-state index >= 15 is 0 Å². The van der Waals surface area contributed by atoms with Crippen LogP contribution in [0.25, 0.3) is 0 Å². The zero-order valence-corrected chi connectivity index (χ0v) is 7.05. The summed E-state index contributed by atoms with van der Waals surface area (Å²) in [7, 11) is 0. The predicted molar refractivity (Wildman–Crippen MR) is 42.4 cm³/mol. The Hall–Kier alpha value is -0.570. The van der Waals surface area contributed by atoms with Gasteiger partial charge in [0.15, 0.2) is 0 Å². The molecular formula is C8H15NO2. The van der Waals surface area contributed by atoms with E-state index in [4.69, 9.17) is 5.11 Å². The van der Waals surface area contributed by atoms with Gasteiger partial charge < -0.3 is 10.4 Å². The number of rotatable bonds is 4. The fraction of sp³-hybridized carbons (Fsp3) is 0.875. The summed E-state index contributed by atoms with van der Waals surface area (Å²) in [6, 6.07) is 0. The van der Waals surface area contributed by atoms with Crippen molar-refractivity contribution in [2.45, 2.75) is 32.2 Å². The standard InChI is InChI=1S/C8H15NO2/c1-8(2,7(10)11)9-5-6-3-4-6/h6,9H,3-5H2,1-2H3,(H,10,11). The van der Waals surface area contributed by atoms with E-state index in [1.54, 1.807) is 13.8 Å². The number of carboxylic acid groups (broad SMARTS) is 1. The van der Waals surface area contributed by atoms with Crippen molar-refractivity contribution in [2.24, 2.45) is 5.92 Å². The number of carboxylic acids is 1. The Bertz CT molecular complexity index is 161. The number of hydrogen-bond acceptors (Lipinski definition) is 2. The quantitative estimate of drug-likeness (QED) is 0.636. The average molecular weight is 157 g/mol. The van der Waals surface area contributed by atoms with Crippen molar-refractivity contribution in [1.29, 1.82) is 0 Å². The molecule has 1 fully saturated rings. The van der Waals surface area contributed by atoms with Crippen LogP contribution < -0.4 is 5.32 Å². The number of aliphatic carboxylic acids is 1. The van der Waals surface area contributed by atoms with Gasteiger partial charge >= 0.3 is 5.97 Å². The van der Waals surface area contributed by atoms with Crippen LogP contribution in [0.2, 0.25) is 0 Å². The predicted octanol–water partition coefficient (Wildman–Crippen LogP) is 0.849. The molecule has 0 bridgehead atoms. The first kappa shape index (κ1) is 8.53. The molecule has 0 atom stereocenters. The topological polar surface area (TPSA) is 49.3 Å². The molecule has 0 spiro atoms. The van der Waals surface area contributed by atoms with Gasteiger partial charge in [-0.2, -0.15) is 0 Å². The molecule has 0 aromatic heterocycles. The van der Waals surface area contributed by atoms with E-state index in [9.17, 15) is 4.79 Å². The van der Waals surface area contributed by atoms with Crippen LogP contribution in [-0.4, -0.2) is 23.2 Å². The van der Waals surface area contributed by atoms with E-state index < -0.39 is 11.5 Å². The third-order valence-electron chi connectivity index (χ3n) is 2.06. The fourth-order valence-corrected chi connectivity index (χ4v) is 0.797. The van der Waals surface area contributed by atoms with Gasteiger partial charge in [-0.15, -0.1) is 0 Å². The molecule has 1 aliphatic rings. The summed E-state index contributed by atoms with van der Waals surface area (Å²) in [5.41, 5.74) is -0.761. The zero-order valence-electron chi connectivity index (χ0n) is 7.05. The monoisotopic (exact) mass is 157 g/mol. The summed E-state index contributed by atoms with van der Waals surface area (Å²) in [6.07, 6.45) is 2.51. The van der Waals surface area contributed by atoms with E-state index in [0.29, 0.717) is 0 Å². The van der Waals surface area contributed by atoms with Gasteiger partial charge in [0.2, 0.25) is 0 Å². The molecule has 64 valence electrons. The summed E-state index contributed by atoms with van der Waals surface area (Å²) >= 11 is 0. The second kappa shape index (κ2) is 2.81. The Labute approximate surface area is 66.8 Å². The number of carbonyl (C=O) groups is 1. The molecule has 0 aliphatic heterocycles. The van der Waals surface area contributed by atoms with Crippen LogP contribution in [-0.2, 0) is 4.79 Å². The van der Waals surface area contributed by atoms with Crippen molar-refractivity contribution in [3.05, 3.63) is 0 Å². The van der Waals surface area contributed by atoms with Crippen LogP contribution in [0.4, 0.5) is 0 Å². The van der Waals surface area contributed by atoms with Gasteiger partial charge in [-0.3, -0.25) is 4.79 Å². The molecule has 0 radical (unpaired) electrons. The van der Waals surface area contributed by atoms with E-state index in [1.807, 2.05) is 0 Å². The largest absolute Gasteiger partial charge is 0.480 e. The lowest BCUT2D eigenvalue weighted by molar-refractivity contribution is -0.143. The summed E-state index contributed by atoms with van der Waals surface area (Å²) < 4.78 is 0. The minimum atomic E-state index is -0.779. The minimum absolute atomic E-state index is 0.730. The molecule has 0 amide bonds. The highest BCUT2D eigenvalue weighted by Gasteiger charge is 2.29. The van der Waals surface area contributed by atoms with Crippen LogP contribution >= 0.6 is 0 Å². The van der Waals surface area contributed by atoms with Gasteiger partial charge in [0, 0.05) is 0 Å². The van der Waals surface area contributed by atoms with Crippen molar-refractivity contribution in [1.82, 2.24) is 5.32 Å². The Morgan fingerprint density at radius 1 is 1.64 bits per heavy atom. The SMILES string of the molecule is CC(C)(NCC1CC1)C(=O)O. The highest BCUT2D eigenvalue weighted by Crippen LogP contribution is 2.28. The van der Waals surface area contributed by atoms with Crippen LogP contribution in [0, 0.1) is 5.92 Å². The second-order valence-electron chi connectivity index (χ2n) is 3.75. The maximum atomic E-state index is 10.6. The molecule has 1 rings (SSSR count). The van der Waals surface area contributed by atoms with Crippen LogP contribution in [0.3, 0.4) is 0 Å². The van der Waals surface area contributed by atoms with Crippen LogP contribution in [0.5, 0.6) is 0 Å². The molecule has 0 saturated heterocycles. The van der Waals surface area contributed by atoms with Gasteiger partial charge in [0.05, 0.1) is 0 Å². The molecular weight excluding hydrogens is 142 g/mol. The van der Waals surface area contributed by atoms with E-state index in [-0.39, 0.29) is 0 Å².